The molecule has 0 spiro atoms. The number of halogens is 3. The highest BCUT2D eigenvalue weighted by molar-refractivity contribution is 9.10. The van der Waals surface area contributed by atoms with E-state index >= 15 is 0 Å². The monoisotopic (exact) mass is 359 g/mol. The van der Waals surface area contributed by atoms with Gasteiger partial charge in [-0.25, -0.2) is 9.37 Å². The Labute approximate surface area is 115 Å². The van der Waals surface area contributed by atoms with Gasteiger partial charge in [-0.15, -0.1) is 0 Å². The van der Waals surface area contributed by atoms with Crippen molar-refractivity contribution < 1.29 is 9.13 Å². The van der Waals surface area contributed by atoms with Crippen LogP contribution < -0.4 is 4.74 Å². The van der Waals surface area contributed by atoms with Crippen molar-refractivity contribution in [2.75, 3.05) is 0 Å². The van der Waals surface area contributed by atoms with Gasteiger partial charge in [0.25, 0.3) is 5.88 Å². The van der Waals surface area contributed by atoms with Gasteiger partial charge < -0.3 is 4.74 Å². The molecule has 0 radical (unpaired) electrons. The number of pyridine rings is 1. The maximum atomic E-state index is 13.5. The molecular weight excluding hydrogens is 353 g/mol. The molecule has 1 aromatic carbocycles. The largest absolute Gasteiger partial charge is 0.436 e. The predicted molar refractivity (Wildman–Crippen MR) is 70.8 cm³/mol. The summed E-state index contributed by atoms with van der Waals surface area (Å²) in [7, 11) is 0. The molecule has 2 nitrogen and oxygen atoms in total. The van der Waals surface area contributed by atoms with Gasteiger partial charge in [-0.2, -0.15) is 0 Å². The Morgan fingerprint density at radius 1 is 1.24 bits per heavy atom. The first-order valence-electron chi connectivity index (χ1n) is 4.81. The highest BCUT2D eigenvalue weighted by atomic mass is 79.9. The van der Waals surface area contributed by atoms with Crippen LogP contribution in [-0.4, -0.2) is 4.98 Å². The van der Waals surface area contributed by atoms with Gasteiger partial charge in [0, 0.05) is 15.1 Å². The second-order valence-electron chi connectivity index (χ2n) is 3.45. The molecule has 0 fully saturated rings. The molecule has 0 saturated heterocycles. The summed E-state index contributed by atoms with van der Waals surface area (Å²) in [6.07, 6.45) is 1.49. The Balaban J connectivity index is 2.28. The molecule has 0 bridgehead atoms. The van der Waals surface area contributed by atoms with Crippen molar-refractivity contribution in [3.8, 4) is 11.6 Å². The van der Waals surface area contributed by atoms with Crippen molar-refractivity contribution in [1.29, 1.82) is 0 Å². The molecule has 0 unspecified atom stereocenters. The molecular formula is C12H8Br2FNO. The third-order valence-corrected chi connectivity index (χ3v) is 3.44. The maximum absolute atomic E-state index is 13.5. The zero-order valence-corrected chi connectivity index (χ0v) is 12.0. The summed E-state index contributed by atoms with van der Waals surface area (Å²) in [6.45, 7) is 1.93. The van der Waals surface area contributed by atoms with Crippen LogP contribution >= 0.6 is 31.9 Å². The third-order valence-electron chi connectivity index (χ3n) is 2.12. The molecule has 0 atom stereocenters. The molecule has 0 N–H and O–H groups in total. The van der Waals surface area contributed by atoms with Crippen LogP contribution in [0.3, 0.4) is 0 Å². The van der Waals surface area contributed by atoms with Gasteiger partial charge in [0.2, 0.25) is 0 Å². The standard InChI is InChI=1S/C12H8Br2FNO/c1-7-4-9(2-3-10(7)14)17-12-11(15)5-8(13)6-16-12/h2-6H,1H3. The lowest BCUT2D eigenvalue weighted by molar-refractivity contribution is 0.422. The minimum Gasteiger partial charge on any atom is -0.436 e. The molecule has 0 saturated carbocycles. The fraction of sp³-hybridized carbons (Fsp3) is 0.0833. The Morgan fingerprint density at radius 3 is 2.65 bits per heavy atom. The normalized spacial score (nSPS) is 10.4. The van der Waals surface area contributed by atoms with Crippen LogP contribution in [0.15, 0.2) is 39.4 Å². The van der Waals surface area contributed by atoms with Crippen LogP contribution in [0.5, 0.6) is 11.6 Å². The number of hydrogen-bond donors (Lipinski definition) is 0. The quantitative estimate of drug-likeness (QED) is 0.763. The van der Waals surface area contributed by atoms with E-state index in [1.54, 1.807) is 6.07 Å². The molecule has 5 heteroatoms. The number of ether oxygens (including phenoxy) is 1. The van der Waals surface area contributed by atoms with Gasteiger partial charge >= 0.3 is 0 Å². The Bertz CT molecular complexity index is 560. The lowest BCUT2D eigenvalue weighted by atomic mass is 10.2. The maximum Gasteiger partial charge on any atom is 0.255 e. The molecule has 1 heterocycles. The van der Waals surface area contributed by atoms with Crippen LogP contribution in [0.25, 0.3) is 0 Å². The number of rotatable bonds is 2. The average molecular weight is 361 g/mol. The van der Waals surface area contributed by atoms with Crippen molar-refractivity contribution in [1.82, 2.24) is 4.98 Å². The average Bonchev–Trinajstić information content (AvgIpc) is 2.27. The van der Waals surface area contributed by atoms with Gasteiger partial charge in [-0.1, -0.05) is 15.9 Å². The summed E-state index contributed by atoms with van der Waals surface area (Å²) < 4.78 is 20.4. The predicted octanol–water partition coefficient (Wildman–Crippen LogP) is 4.85. The zero-order chi connectivity index (χ0) is 12.4. The van der Waals surface area contributed by atoms with Gasteiger partial charge in [-0.3, -0.25) is 0 Å². The lowest BCUT2D eigenvalue weighted by Crippen LogP contribution is -1.92. The topological polar surface area (TPSA) is 22.1 Å². The second kappa shape index (κ2) is 5.14. The van der Waals surface area contributed by atoms with E-state index in [-0.39, 0.29) is 5.88 Å². The summed E-state index contributed by atoms with van der Waals surface area (Å²) in [5.74, 6) is 0.0225. The summed E-state index contributed by atoms with van der Waals surface area (Å²) >= 11 is 6.53. The van der Waals surface area contributed by atoms with Crippen molar-refractivity contribution >= 4 is 31.9 Å². The molecule has 0 aliphatic rings. The van der Waals surface area contributed by atoms with E-state index in [2.05, 4.69) is 36.8 Å². The molecule has 0 aliphatic carbocycles. The Morgan fingerprint density at radius 2 is 2.00 bits per heavy atom. The zero-order valence-electron chi connectivity index (χ0n) is 8.88. The van der Waals surface area contributed by atoms with Crippen LogP contribution in [0.1, 0.15) is 5.56 Å². The summed E-state index contributed by atoms with van der Waals surface area (Å²) in [5, 5.41) is 0. The smallest absolute Gasteiger partial charge is 0.255 e. The van der Waals surface area contributed by atoms with Gasteiger partial charge in [0.05, 0.1) is 0 Å². The fourth-order valence-electron chi connectivity index (χ4n) is 1.27. The summed E-state index contributed by atoms with van der Waals surface area (Å²) in [4.78, 5) is 3.87. The third kappa shape index (κ3) is 3.04. The summed E-state index contributed by atoms with van der Waals surface area (Å²) in [6, 6.07) is 6.73. The first kappa shape index (κ1) is 12.5. The first-order chi connectivity index (χ1) is 8.06. The number of nitrogens with zero attached hydrogens (tertiary/aromatic N) is 1. The number of benzene rings is 1. The van der Waals surface area contributed by atoms with E-state index in [1.165, 1.54) is 12.3 Å². The molecule has 88 valence electrons. The number of hydrogen-bond acceptors (Lipinski definition) is 2. The van der Waals surface area contributed by atoms with Crippen molar-refractivity contribution in [2.45, 2.75) is 6.92 Å². The van der Waals surface area contributed by atoms with E-state index in [0.717, 1.165) is 10.0 Å². The van der Waals surface area contributed by atoms with Gasteiger partial charge in [0.15, 0.2) is 5.82 Å². The minimum atomic E-state index is -0.500. The van der Waals surface area contributed by atoms with Crippen LogP contribution in [0.4, 0.5) is 4.39 Å². The van der Waals surface area contributed by atoms with E-state index in [9.17, 15) is 4.39 Å². The van der Waals surface area contributed by atoms with E-state index in [1.807, 2.05) is 19.1 Å². The molecule has 2 rings (SSSR count). The van der Waals surface area contributed by atoms with Crippen LogP contribution in [0.2, 0.25) is 0 Å². The van der Waals surface area contributed by atoms with E-state index < -0.39 is 5.82 Å². The van der Waals surface area contributed by atoms with Gasteiger partial charge in [-0.05, 0) is 52.7 Å². The molecule has 0 amide bonds. The Kier molecular flexibility index (Phi) is 3.79. The van der Waals surface area contributed by atoms with Crippen LogP contribution in [-0.2, 0) is 0 Å². The van der Waals surface area contributed by atoms with Gasteiger partial charge in [0.1, 0.15) is 5.75 Å². The van der Waals surface area contributed by atoms with Crippen molar-refractivity contribution in [3.05, 3.63) is 50.8 Å². The fourth-order valence-corrected chi connectivity index (χ4v) is 1.82. The van der Waals surface area contributed by atoms with E-state index in [0.29, 0.717) is 10.2 Å². The number of aryl methyl sites for hydroxylation is 1. The minimum absolute atomic E-state index is 0.0325. The SMILES string of the molecule is Cc1cc(Oc2ncc(Br)cc2F)ccc1Br. The van der Waals surface area contributed by atoms with E-state index in [4.69, 9.17) is 4.74 Å². The Hall–Kier alpha value is -0.940. The highest BCUT2D eigenvalue weighted by Gasteiger charge is 2.07. The highest BCUT2D eigenvalue weighted by Crippen LogP contribution is 2.27. The first-order valence-corrected chi connectivity index (χ1v) is 6.40. The molecule has 1 aromatic heterocycles. The number of aromatic nitrogens is 1. The van der Waals surface area contributed by atoms with Crippen molar-refractivity contribution in [3.63, 3.8) is 0 Å². The van der Waals surface area contributed by atoms with Crippen molar-refractivity contribution in [2.24, 2.45) is 0 Å². The summed E-state index contributed by atoms with van der Waals surface area (Å²) in [5.41, 5.74) is 1.01. The molecule has 2 aromatic rings. The lowest BCUT2D eigenvalue weighted by Gasteiger charge is -2.07. The molecule has 17 heavy (non-hydrogen) atoms. The van der Waals surface area contributed by atoms with Crippen LogP contribution in [0, 0.1) is 12.7 Å². The molecule has 0 aliphatic heterocycles. The second-order valence-corrected chi connectivity index (χ2v) is 5.22.